The van der Waals surface area contributed by atoms with E-state index < -0.39 is 29.6 Å². The molecule has 0 fully saturated rings. The van der Waals surface area contributed by atoms with Crippen LogP contribution in [0, 0.1) is 0 Å². The molecule has 0 saturated heterocycles. The number of methoxy groups -OCH3 is 2. The van der Waals surface area contributed by atoms with E-state index in [9.17, 15) is 19.5 Å². The predicted octanol–water partition coefficient (Wildman–Crippen LogP) is 2.54. The number of rotatable bonds is 11. The molecule has 1 aliphatic carbocycles. The SMILES string of the molecule is COCC(C)(NC(=O)C(CCNC(=O)OCC1c2ccccc2-c2ccccc21)OC)C(=O)O. The number of benzene rings is 2. The van der Waals surface area contributed by atoms with E-state index in [0.717, 1.165) is 22.3 Å². The first-order valence-electron chi connectivity index (χ1n) is 11.0. The fourth-order valence-corrected chi connectivity index (χ4v) is 4.10. The molecule has 0 bridgehead atoms. The number of hydrogen-bond acceptors (Lipinski definition) is 6. The van der Waals surface area contributed by atoms with Crippen LogP contribution in [0.4, 0.5) is 4.79 Å². The van der Waals surface area contributed by atoms with E-state index in [0.29, 0.717) is 0 Å². The minimum atomic E-state index is -1.59. The lowest BCUT2D eigenvalue weighted by Gasteiger charge is -2.27. The number of aliphatic carboxylic acids is 1. The van der Waals surface area contributed by atoms with Crippen LogP contribution in [-0.4, -0.2) is 68.7 Å². The maximum Gasteiger partial charge on any atom is 0.407 e. The van der Waals surface area contributed by atoms with Gasteiger partial charge in [-0.15, -0.1) is 0 Å². The lowest BCUT2D eigenvalue weighted by Crippen LogP contribution is -2.58. The van der Waals surface area contributed by atoms with Crippen molar-refractivity contribution in [2.75, 3.05) is 34.0 Å². The first kappa shape index (κ1) is 25.2. The van der Waals surface area contributed by atoms with E-state index in [4.69, 9.17) is 14.2 Å². The number of fused-ring (bicyclic) bond motifs is 3. The number of alkyl carbamates (subject to hydrolysis) is 1. The first-order chi connectivity index (χ1) is 16.3. The average molecular weight is 471 g/mol. The first-order valence-corrected chi connectivity index (χ1v) is 11.0. The molecule has 9 nitrogen and oxygen atoms in total. The summed E-state index contributed by atoms with van der Waals surface area (Å²) in [6.45, 7) is 1.43. The zero-order valence-electron chi connectivity index (χ0n) is 19.5. The normalized spacial score (nSPS) is 14.9. The van der Waals surface area contributed by atoms with Crippen LogP contribution >= 0.6 is 0 Å². The van der Waals surface area contributed by atoms with Crippen LogP contribution < -0.4 is 10.6 Å². The summed E-state index contributed by atoms with van der Waals surface area (Å²) in [6, 6.07) is 16.1. The quantitative estimate of drug-likeness (QED) is 0.461. The van der Waals surface area contributed by atoms with Gasteiger partial charge in [0.1, 0.15) is 12.7 Å². The Kier molecular flexibility index (Phi) is 8.25. The topological polar surface area (TPSA) is 123 Å². The molecule has 34 heavy (non-hydrogen) atoms. The summed E-state index contributed by atoms with van der Waals surface area (Å²) in [5.41, 5.74) is 2.92. The number of hydrogen-bond donors (Lipinski definition) is 3. The zero-order chi connectivity index (χ0) is 24.7. The van der Waals surface area contributed by atoms with Crippen molar-refractivity contribution in [3.63, 3.8) is 0 Å². The van der Waals surface area contributed by atoms with Crippen LogP contribution in [0.1, 0.15) is 30.4 Å². The van der Waals surface area contributed by atoms with Crippen molar-refractivity contribution < 1.29 is 33.7 Å². The second-order valence-electron chi connectivity index (χ2n) is 8.32. The number of nitrogens with one attached hydrogen (secondary N) is 2. The largest absolute Gasteiger partial charge is 0.479 e. The molecular formula is C25H30N2O7. The molecule has 182 valence electrons. The van der Waals surface area contributed by atoms with Crippen molar-refractivity contribution in [1.29, 1.82) is 0 Å². The predicted molar refractivity (Wildman–Crippen MR) is 125 cm³/mol. The Bertz CT molecular complexity index is 996. The van der Waals surface area contributed by atoms with Gasteiger partial charge in [-0.1, -0.05) is 48.5 Å². The summed E-state index contributed by atoms with van der Waals surface area (Å²) in [7, 11) is 2.69. The fraction of sp³-hybridized carbons (Fsp3) is 0.400. The number of carboxylic acid groups (broad SMARTS) is 1. The van der Waals surface area contributed by atoms with Gasteiger partial charge in [-0.25, -0.2) is 9.59 Å². The van der Waals surface area contributed by atoms with Crippen LogP contribution in [0.15, 0.2) is 48.5 Å². The molecule has 2 atom stereocenters. The molecule has 0 aromatic heterocycles. The molecule has 0 spiro atoms. The summed E-state index contributed by atoms with van der Waals surface area (Å²) in [5.74, 6) is -1.89. The highest BCUT2D eigenvalue weighted by Crippen LogP contribution is 2.44. The Morgan fingerprint density at radius 2 is 1.62 bits per heavy atom. The highest BCUT2D eigenvalue weighted by molar-refractivity contribution is 5.89. The Hall–Kier alpha value is -3.43. The molecule has 0 radical (unpaired) electrons. The molecule has 2 amide bonds. The zero-order valence-corrected chi connectivity index (χ0v) is 19.5. The molecule has 2 aromatic carbocycles. The number of ether oxygens (including phenoxy) is 3. The standard InChI is InChI=1S/C25H30N2O7/c1-25(15-32-2,23(29)30)27-22(28)21(33-3)12-13-26-24(31)34-14-20-18-10-6-4-8-16(18)17-9-5-7-11-19(17)20/h4-11,20-21H,12-15H2,1-3H3,(H,26,31)(H,27,28)(H,29,30). The number of carbonyl (C=O) groups excluding carboxylic acids is 2. The summed E-state index contributed by atoms with van der Waals surface area (Å²) < 4.78 is 15.6. The van der Waals surface area contributed by atoms with E-state index in [1.165, 1.54) is 21.1 Å². The molecule has 2 unspecified atom stereocenters. The number of carboxylic acids is 1. The average Bonchev–Trinajstić information content (AvgIpc) is 3.14. The van der Waals surface area contributed by atoms with Crippen LogP contribution in [0.3, 0.4) is 0 Å². The van der Waals surface area contributed by atoms with Gasteiger partial charge in [0, 0.05) is 33.1 Å². The Morgan fingerprint density at radius 3 is 2.15 bits per heavy atom. The van der Waals surface area contributed by atoms with Crippen LogP contribution in [0.2, 0.25) is 0 Å². The van der Waals surface area contributed by atoms with Crippen molar-refractivity contribution in [3.8, 4) is 11.1 Å². The molecule has 0 saturated carbocycles. The van der Waals surface area contributed by atoms with Gasteiger partial charge in [-0.3, -0.25) is 4.79 Å². The maximum absolute atomic E-state index is 12.5. The van der Waals surface area contributed by atoms with E-state index in [-0.39, 0.29) is 32.1 Å². The van der Waals surface area contributed by atoms with Crippen molar-refractivity contribution in [2.45, 2.75) is 30.9 Å². The van der Waals surface area contributed by atoms with Crippen molar-refractivity contribution in [3.05, 3.63) is 59.7 Å². The third-order valence-electron chi connectivity index (χ3n) is 5.90. The number of amides is 2. The van der Waals surface area contributed by atoms with Gasteiger partial charge in [-0.05, 0) is 29.2 Å². The summed E-state index contributed by atoms with van der Waals surface area (Å²) in [5, 5.41) is 14.4. The van der Waals surface area contributed by atoms with Gasteiger partial charge in [0.05, 0.1) is 6.61 Å². The highest BCUT2D eigenvalue weighted by Gasteiger charge is 2.37. The van der Waals surface area contributed by atoms with E-state index in [2.05, 4.69) is 22.8 Å². The van der Waals surface area contributed by atoms with Gasteiger partial charge in [-0.2, -0.15) is 0 Å². The summed E-state index contributed by atoms with van der Waals surface area (Å²) in [4.78, 5) is 36.3. The minimum Gasteiger partial charge on any atom is -0.479 e. The van der Waals surface area contributed by atoms with Crippen molar-refractivity contribution >= 4 is 18.0 Å². The third-order valence-corrected chi connectivity index (χ3v) is 5.90. The van der Waals surface area contributed by atoms with Gasteiger partial charge in [0.15, 0.2) is 5.54 Å². The second kappa shape index (κ2) is 11.1. The van der Waals surface area contributed by atoms with Crippen LogP contribution in [0.5, 0.6) is 0 Å². The summed E-state index contributed by atoms with van der Waals surface area (Å²) in [6.07, 6.45) is -1.42. The van der Waals surface area contributed by atoms with Crippen molar-refractivity contribution in [2.24, 2.45) is 0 Å². The molecule has 3 N–H and O–H groups in total. The van der Waals surface area contributed by atoms with E-state index >= 15 is 0 Å². The Balaban J connectivity index is 1.51. The smallest absolute Gasteiger partial charge is 0.407 e. The van der Waals surface area contributed by atoms with Gasteiger partial charge in [0.25, 0.3) is 0 Å². The minimum absolute atomic E-state index is 0.0508. The van der Waals surface area contributed by atoms with Gasteiger partial charge >= 0.3 is 12.1 Å². The van der Waals surface area contributed by atoms with E-state index in [1.807, 2.05) is 36.4 Å². The lowest BCUT2D eigenvalue weighted by atomic mass is 9.98. The fourth-order valence-electron chi connectivity index (χ4n) is 4.10. The molecule has 9 heteroatoms. The highest BCUT2D eigenvalue weighted by atomic mass is 16.5. The monoisotopic (exact) mass is 470 g/mol. The van der Waals surface area contributed by atoms with E-state index in [1.54, 1.807) is 0 Å². The van der Waals surface area contributed by atoms with Crippen molar-refractivity contribution in [1.82, 2.24) is 10.6 Å². The van der Waals surface area contributed by atoms with Gasteiger partial charge in [0.2, 0.25) is 5.91 Å². The lowest BCUT2D eigenvalue weighted by molar-refractivity contribution is -0.151. The molecule has 1 aliphatic rings. The molecule has 3 rings (SSSR count). The van der Waals surface area contributed by atoms with Gasteiger partial charge < -0.3 is 30.0 Å². The van der Waals surface area contributed by atoms with Crippen LogP contribution in [0.25, 0.3) is 11.1 Å². The molecule has 2 aromatic rings. The maximum atomic E-state index is 12.5. The Morgan fingerprint density at radius 1 is 1.03 bits per heavy atom. The molecule has 0 aliphatic heterocycles. The van der Waals surface area contributed by atoms with Crippen LogP contribution in [-0.2, 0) is 23.8 Å². The molecule has 0 heterocycles. The molecular weight excluding hydrogens is 440 g/mol. The number of carbonyl (C=O) groups is 3. The Labute approximate surface area is 198 Å². The third kappa shape index (κ3) is 5.55. The summed E-state index contributed by atoms with van der Waals surface area (Å²) >= 11 is 0. The second-order valence-corrected chi connectivity index (χ2v) is 8.32.